The number of aromatic nitrogens is 2. The number of rotatable bonds is 7. The maximum Gasteiger partial charge on any atom is 0.328 e. The van der Waals surface area contributed by atoms with E-state index in [4.69, 9.17) is 0 Å². The summed E-state index contributed by atoms with van der Waals surface area (Å²) < 4.78 is 1.54. The van der Waals surface area contributed by atoms with Gasteiger partial charge in [-0.25, -0.2) is 4.79 Å². The minimum Gasteiger partial charge on any atom is -0.355 e. The van der Waals surface area contributed by atoms with Crippen LogP contribution in [0.1, 0.15) is 43.5 Å². The molecule has 144 valence electrons. The van der Waals surface area contributed by atoms with Crippen molar-refractivity contribution < 1.29 is 4.79 Å². The largest absolute Gasteiger partial charge is 0.355 e. The quantitative estimate of drug-likeness (QED) is 0.739. The van der Waals surface area contributed by atoms with Crippen LogP contribution in [0.5, 0.6) is 0 Å². The van der Waals surface area contributed by atoms with Crippen molar-refractivity contribution in [3.05, 3.63) is 51.6 Å². The topological polar surface area (TPSA) is 70.1 Å². The number of carbonyl (C=O) groups is 1. The second-order valence-corrected chi connectivity index (χ2v) is 7.01. The molecule has 6 nitrogen and oxygen atoms in total. The molecule has 1 aromatic heterocycles. The van der Waals surface area contributed by atoms with E-state index in [0.717, 1.165) is 42.0 Å². The highest BCUT2D eigenvalue weighted by atomic mass is 16.2. The smallest absolute Gasteiger partial charge is 0.328 e. The van der Waals surface area contributed by atoms with Crippen LogP contribution in [0.15, 0.2) is 29.1 Å². The Bertz CT molecular complexity index is 890. The number of nitrogens with one attached hydrogen (secondary N) is 2. The Morgan fingerprint density at radius 2 is 1.96 bits per heavy atom. The van der Waals surface area contributed by atoms with Gasteiger partial charge in [0.2, 0.25) is 5.91 Å². The van der Waals surface area contributed by atoms with Gasteiger partial charge in [0.15, 0.2) is 0 Å². The first-order valence-electron chi connectivity index (χ1n) is 9.65. The average Bonchev–Trinajstić information content (AvgIpc) is 2.97. The van der Waals surface area contributed by atoms with E-state index in [1.165, 1.54) is 5.56 Å². The van der Waals surface area contributed by atoms with Crippen LogP contribution in [0, 0.1) is 6.92 Å². The Morgan fingerprint density at radius 3 is 2.63 bits per heavy atom. The van der Waals surface area contributed by atoms with Crippen LogP contribution in [-0.2, 0) is 11.3 Å². The average molecular weight is 368 g/mol. The Morgan fingerprint density at radius 1 is 1.22 bits per heavy atom. The number of nitrogens with zero attached hydrogens (tertiary/aromatic N) is 2. The number of benzene rings is 1. The van der Waals surface area contributed by atoms with Crippen molar-refractivity contribution in [3.8, 4) is 0 Å². The fraction of sp³-hybridized carbons (Fsp3) is 0.429. The summed E-state index contributed by atoms with van der Waals surface area (Å²) in [6, 6.07) is 8.40. The number of anilines is 1. The molecule has 2 aromatic rings. The van der Waals surface area contributed by atoms with E-state index in [1.54, 1.807) is 4.57 Å². The summed E-state index contributed by atoms with van der Waals surface area (Å²) >= 11 is 0. The van der Waals surface area contributed by atoms with Crippen molar-refractivity contribution in [2.24, 2.45) is 0 Å². The fourth-order valence-corrected chi connectivity index (χ4v) is 3.38. The highest BCUT2D eigenvalue weighted by molar-refractivity contribution is 5.89. The normalized spacial score (nSPS) is 13.3. The Balaban J connectivity index is 1.90. The van der Waals surface area contributed by atoms with Gasteiger partial charge < -0.3 is 15.2 Å². The molecule has 0 spiro atoms. The number of aromatic amines is 1. The van der Waals surface area contributed by atoms with Gasteiger partial charge in [0.05, 0.1) is 5.69 Å². The van der Waals surface area contributed by atoms with E-state index >= 15 is 0 Å². The number of aryl methyl sites for hydroxylation is 1. The number of likely N-dealkylation sites (N-methyl/N-ethyl adjacent to an activating group) is 1. The van der Waals surface area contributed by atoms with Crippen LogP contribution in [-0.4, -0.2) is 35.1 Å². The van der Waals surface area contributed by atoms with Gasteiger partial charge in [-0.05, 0) is 37.5 Å². The molecule has 0 aliphatic carbocycles. The molecule has 1 amide bonds. The molecule has 1 aromatic carbocycles. The lowest BCUT2D eigenvalue weighted by atomic mass is 10.0. The second-order valence-electron chi connectivity index (χ2n) is 7.01. The van der Waals surface area contributed by atoms with Crippen molar-refractivity contribution in [2.45, 2.75) is 40.2 Å². The molecular formula is C21H28N4O2. The third-order valence-electron chi connectivity index (χ3n) is 4.92. The van der Waals surface area contributed by atoms with E-state index in [2.05, 4.69) is 60.2 Å². The number of hydrogen-bond acceptors (Lipinski definition) is 3. The molecule has 1 aliphatic heterocycles. The molecular weight excluding hydrogens is 340 g/mol. The number of unbranched alkanes of at least 4 members (excludes halogenated alkanes) is 1. The van der Waals surface area contributed by atoms with Crippen LogP contribution in [0.4, 0.5) is 5.82 Å². The molecule has 0 bridgehead atoms. The number of fused-ring (bicyclic) bond motifs is 1. The maximum atomic E-state index is 12.5. The van der Waals surface area contributed by atoms with Gasteiger partial charge >= 0.3 is 5.69 Å². The van der Waals surface area contributed by atoms with E-state index in [-0.39, 0.29) is 18.1 Å². The summed E-state index contributed by atoms with van der Waals surface area (Å²) in [5.74, 6) is 0.667. The van der Waals surface area contributed by atoms with Crippen LogP contribution in [0.25, 0.3) is 11.6 Å². The van der Waals surface area contributed by atoms with E-state index < -0.39 is 0 Å². The molecule has 0 saturated carbocycles. The van der Waals surface area contributed by atoms with Crippen molar-refractivity contribution >= 4 is 23.4 Å². The third-order valence-corrected chi connectivity index (χ3v) is 4.92. The first-order chi connectivity index (χ1) is 13.0. The molecule has 0 atom stereocenters. The van der Waals surface area contributed by atoms with Gasteiger partial charge in [0.1, 0.15) is 12.4 Å². The molecule has 27 heavy (non-hydrogen) atoms. The summed E-state index contributed by atoms with van der Waals surface area (Å²) in [4.78, 5) is 29.8. The molecule has 3 rings (SSSR count). The Hall–Kier alpha value is -2.76. The minimum atomic E-state index is -0.245. The molecule has 6 heteroatoms. The van der Waals surface area contributed by atoms with Crippen LogP contribution >= 0.6 is 0 Å². The lowest BCUT2D eigenvalue weighted by Crippen LogP contribution is -2.36. The summed E-state index contributed by atoms with van der Waals surface area (Å²) in [6.45, 7) is 8.36. The van der Waals surface area contributed by atoms with Crippen LogP contribution in [0.3, 0.4) is 0 Å². The Kier molecular flexibility index (Phi) is 5.84. The number of imidazole rings is 1. The zero-order valence-electron chi connectivity index (χ0n) is 16.3. The number of carbonyl (C=O) groups excluding carboxylic acids is 1. The predicted octanol–water partition coefficient (Wildman–Crippen LogP) is 2.78. The van der Waals surface area contributed by atoms with Crippen molar-refractivity contribution in [2.75, 3.05) is 24.5 Å². The number of hydrogen-bond donors (Lipinski definition) is 2. The first-order valence-corrected chi connectivity index (χ1v) is 9.65. The van der Waals surface area contributed by atoms with Gasteiger partial charge in [-0.3, -0.25) is 9.36 Å². The van der Waals surface area contributed by atoms with Gasteiger partial charge in [0.25, 0.3) is 0 Å². The van der Waals surface area contributed by atoms with Crippen molar-refractivity contribution in [3.63, 3.8) is 0 Å². The van der Waals surface area contributed by atoms with Gasteiger partial charge in [-0.15, -0.1) is 0 Å². The number of amides is 1. The van der Waals surface area contributed by atoms with Gasteiger partial charge in [-0.1, -0.05) is 43.2 Å². The van der Waals surface area contributed by atoms with E-state index in [1.807, 2.05) is 6.08 Å². The first kappa shape index (κ1) is 19.0. The Labute approximate surface area is 159 Å². The fourth-order valence-electron chi connectivity index (χ4n) is 3.38. The zero-order chi connectivity index (χ0) is 19.4. The van der Waals surface area contributed by atoms with Gasteiger partial charge in [0, 0.05) is 19.6 Å². The second kappa shape index (κ2) is 8.29. The zero-order valence-corrected chi connectivity index (χ0v) is 16.3. The third kappa shape index (κ3) is 4.15. The summed E-state index contributed by atoms with van der Waals surface area (Å²) in [7, 11) is 0. The summed E-state index contributed by atoms with van der Waals surface area (Å²) in [5.41, 5.74) is 4.05. The molecule has 1 aliphatic rings. The molecule has 2 heterocycles. The monoisotopic (exact) mass is 368 g/mol. The van der Waals surface area contributed by atoms with Crippen molar-refractivity contribution in [1.29, 1.82) is 0 Å². The van der Waals surface area contributed by atoms with E-state index in [0.29, 0.717) is 13.1 Å². The molecule has 0 fully saturated rings. The van der Waals surface area contributed by atoms with Gasteiger partial charge in [-0.2, -0.15) is 0 Å². The van der Waals surface area contributed by atoms with Crippen LogP contribution < -0.4 is 15.9 Å². The molecule has 2 N–H and O–H groups in total. The summed E-state index contributed by atoms with van der Waals surface area (Å²) in [5, 5.41) is 2.88. The lowest BCUT2D eigenvalue weighted by molar-refractivity contribution is -0.121. The minimum absolute atomic E-state index is 0.0403. The molecule has 0 radical (unpaired) electrons. The predicted molar refractivity (Wildman–Crippen MR) is 110 cm³/mol. The lowest BCUT2D eigenvalue weighted by Gasteiger charge is -2.29. The van der Waals surface area contributed by atoms with Crippen LogP contribution in [0.2, 0.25) is 0 Å². The number of H-pyrrole nitrogens is 1. The highest BCUT2D eigenvalue weighted by Gasteiger charge is 2.25. The maximum absolute atomic E-state index is 12.5. The standard InChI is InChI=1S/C21H28N4O2/c1-4-6-11-22-19(26)14-25-20-18(23-21(25)27)12-17(13-24(20)5-2)16-9-7-15(3)8-10-16/h7-10,12H,4-6,11,13-14H2,1-3H3,(H,22,26)(H,23,27). The highest BCUT2D eigenvalue weighted by Crippen LogP contribution is 2.31. The molecule has 0 unspecified atom stereocenters. The van der Waals surface area contributed by atoms with Crippen molar-refractivity contribution in [1.82, 2.24) is 14.9 Å². The summed E-state index contributed by atoms with van der Waals surface area (Å²) in [6.07, 6.45) is 3.99. The SMILES string of the molecule is CCCCNC(=O)Cn1c2c([nH]c1=O)C=C(c1ccc(C)cc1)CN2CC. The molecule has 0 saturated heterocycles. The van der Waals surface area contributed by atoms with E-state index in [9.17, 15) is 9.59 Å².